The molecule has 2 rings (SSSR count). The summed E-state index contributed by atoms with van der Waals surface area (Å²) in [4.78, 5) is 23.8. The smallest absolute Gasteiger partial charge is 0.316 e. The van der Waals surface area contributed by atoms with Crippen molar-refractivity contribution in [2.24, 2.45) is 7.05 Å². The van der Waals surface area contributed by atoms with Gasteiger partial charge in [0, 0.05) is 29.2 Å². The number of aryl methyl sites for hydroxylation is 1. The third-order valence-electron chi connectivity index (χ3n) is 4.07. The number of esters is 1. The van der Waals surface area contributed by atoms with Gasteiger partial charge < -0.3 is 9.30 Å². The van der Waals surface area contributed by atoms with Crippen LogP contribution in [0.2, 0.25) is 0 Å². The van der Waals surface area contributed by atoms with Crippen LogP contribution in [0.25, 0.3) is 0 Å². The normalized spacial score (nSPS) is 19.7. The zero-order valence-electron chi connectivity index (χ0n) is 13.5. The van der Waals surface area contributed by atoms with Gasteiger partial charge in [-0.1, -0.05) is 0 Å². The van der Waals surface area contributed by atoms with Gasteiger partial charge in [-0.05, 0) is 26.3 Å². The van der Waals surface area contributed by atoms with E-state index < -0.39 is 15.8 Å². The molecule has 0 bridgehead atoms. The van der Waals surface area contributed by atoms with Crippen molar-refractivity contribution in [3.63, 3.8) is 0 Å². The predicted molar refractivity (Wildman–Crippen MR) is 89.7 cm³/mol. The molecule has 1 aliphatic rings. The molecule has 1 saturated heterocycles. The second kappa shape index (κ2) is 7.09. The maximum Gasteiger partial charge on any atom is 0.316 e. The van der Waals surface area contributed by atoms with Crippen LogP contribution in [0.3, 0.4) is 0 Å². The average molecular weight is 359 g/mol. The summed E-state index contributed by atoms with van der Waals surface area (Å²) in [5.41, 5.74) is 2.37. The van der Waals surface area contributed by atoms with Crippen LogP contribution in [-0.4, -0.2) is 53.9 Å². The lowest BCUT2D eigenvalue weighted by atomic mass is 10.1. The van der Waals surface area contributed by atoms with Gasteiger partial charge in [0.05, 0.1) is 17.3 Å². The molecule has 0 N–H and O–H groups in total. The van der Waals surface area contributed by atoms with Gasteiger partial charge >= 0.3 is 5.97 Å². The summed E-state index contributed by atoms with van der Waals surface area (Å²) in [6.07, 6.45) is 0.571. The molecule has 2 heterocycles. The van der Waals surface area contributed by atoms with Crippen molar-refractivity contribution >= 4 is 33.4 Å². The predicted octanol–water partition coefficient (Wildman–Crippen LogP) is 1.29. The van der Waals surface area contributed by atoms with Crippen molar-refractivity contribution in [3.8, 4) is 0 Å². The summed E-state index contributed by atoms with van der Waals surface area (Å²) in [5.74, 6) is -0.344. The van der Waals surface area contributed by atoms with E-state index in [1.54, 1.807) is 6.07 Å². The van der Waals surface area contributed by atoms with Crippen molar-refractivity contribution in [3.05, 3.63) is 23.0 Å². The number of sulfone groups is 1. The molecule has 0 spiro atoms. The summed E-state index contributed by atoms with van der Waals surface area (Å²) in [6.45, 7) is 3.47. The molecule has 6 nitrogen and oxygen atoms in total. The summed E-state index contributed by atoms with van der Waals surface area (Å²) in [5, 5.41) is -0.0535. The molecule has 0 saturated carbocycles. The van der Waals surface area contributed by atoms with E-state index in [2.05, 4.69) is 0 Å². The maximum absolute atomic E-state index is 12.1. The van der Waals surface area contributed by atoms with Crippen molar-refractivity contribution in [2.75, 3.05) is 23.9 Å². The fourth-order valence-corrected chi connectivity index (χ4v) is 5.92. The number of carbonyl (C=O) groups is 2. The van der Waals surface area contributed by atoms with Gasteiger partial charge in [-0.25, -0.2) is 8.42 Å². The minimum Gasteiger partial charge on any atom is -0.457 e. The van der Waals surface area contributed by atoms with Crippen molar-refractivity contribution in [1.82, 2.24) is 4.57 Å². The minimum atomic E-state index is -2.94. The van der Waals surface area contributed by atoms with Crippen LogP contribution in [0.1, 0.15) is 28.2 Å². The number of hydrogen-bond acceptors (Lipinski definition) is 6. The fourth-order valence-electron chi connectivity index (χ4n) is 2.48. The van der Waals surface area contributed by atoms with Crippen LogP contribution in [-0.2, 0) is 26.4 Å². The SMILES string of the molecule is Cc1cc(C(=O)COC(=O)CS[C@@H]2CCS(=O)(=O)C2)c(C)n1C. The van der Waals surface area contributed by atoms with Crippen LogP contribution in [0.4, 0.5) is 0 Å². The van der Waals surface area contributed by atoms with Crippen LogP contribution >= 0.6 is 11.8 Å². The molecule has 0 aromatic carbocycles. The van der Waals surface area contributed by atoms with Gasteiger partial charge in [0.1, 0.15) is 0 Å². The first kappa shape index (κ1) is 18.1. The zero-order valence-corrected chi connectivity index (χ0v) is 15.1. The topological polar surface area (TPSA) is 82.4 Å². The molecular formula is C15H21NO5S2. The van der Waals surface area contributed by atoms with Crippen molar-refractivity contribution < 1.29 is 22.7 Å². The van der Waals surface area contributed by atoms with Crippen LogP contribution in [0.15, 0.2) is 6.07 Å². The van der Waals surface area contributed by atoms with Gasteiger partial charge in [-0.2, -0.15) is 0 Å². The first-order valence-corrected chi connectivity index (χ1v) is 10.2. The van der Waals surface area contributed by atoms with Gasteiger partial charge in [-0.3, -0.25) is 9.59 Å². The standard InChI is InChI=1S/C15H21NO5S2/c1-10-6-13(11(2)16(10)3)14(17)7-21-15(18)8-22-12-4-5-23(19,20)9-12/h6,12H,4-5,7-9H2,1-3H3/t12-/m1/s1. The number of aromatic nitrogens is 1. The first-order chi connectivity index (χ1) is 10.7. The van der Waals surface area contributed by atoms with Gasteiger partial charge in [0.25, 0.3) is 0 Å². The first-order valence-electron chi connectivity index (χ1n) is 7.33. The second-order valence-corrected chi connectivity index (χ2v) is 9.28. The van der Waals surface area contributed by atoms with Gasteiger partial charge in [0.15, 0.2) is 16.4 Å². The molecule has 0 radical (unpaired) electrons. The van der Waals surface area contributed by atoms with Crippen LogP contribution in [0, 0.1) is 13.8 Å². The maximum atomic E-state index is 12.1. The van der Waals surface area contributed by atoms with E-state index >= 15 is 0 Å². The van der Waals surface area contributed by atoms with Crippen molar-refractivity contribution in [1.29, 1.82) is 0 Å². The molecule has 128 valence electrons. The summed E-state index contributed by atoms with van der Waals surface area (Å²) < 4.78 is 29.6. The van der Waals surface area contributed by atoms with E-state index in [9.17, 15) is 18.0 Å². The monoisotopic (exact) mass is 359 g/mol. The number of ketones is 1. The number of rotatable bonds is 6. The Kier molecular flexibility index (Phi) is 5.57. The lowest BCUT2D eigenvalue weighted by Gasteiger charge is -2.07. The number of hydrogen-bond donors (Lipinski definition) is 0. The van der Waals surface area contributed by atoms with Gasteiger partial charge in [0.2, 0.25) is 5.78 Å². The number of thioether (sulfide) groups is 1. The molecule has 0 unspecified atom stereocenters. The minimum absolute atomic E-state index is 0.0535. The molecule has 0 amide bonds. The molecule has 8 heteroatoms. The van der Waals surface area contributed by atoms with E-state index in [4.69, 9.17) is 4.74 Å². The van der Waals surface area contributed by atoms with Crippen LogP contribution < -0.4 is 0 Å². The summed E-state index contributed by atoms with van der Waals surface area (Å²) >= 11 is 1.28. The Bertz CT molecular complexity index is 720. The molecule has 1 aromatic heterocycles. The molecule has 1 fully saturated rings. The third kappa shape index (κ3) is 4.60. The molecule has 0 aliphatic carbocycles. The Labute approximate surface area is 140 Å². The fraction of sp³-hybridized carbons (Fsp3) is 0.600. The Morgan fingerprint density at radius 1 is 1.39 bits per heavy atom. The van der Waals surface area contributed by atoms with Crippen molar-refractivity contribution in [2.45, 2.75) is 25.5 Å². The van der Waals surface area contributed by atoms with Crippen LogP contribution in [0.5, 0.6) is 0 Å². The second-order valence-electron chi connectivity index (χ2n) is 5.76. The van der Waals surface area contributed by atoms with E-state index in [1.165, 1.54) is 11.8 Å². The Balaban J connectivity index is 1.78. The molecule has 1 aromatic rings. The summed E-state index contributed by atoms with van der Waals surface area (Å²) in [6, 6.07) is 1.78. The Morgan fingerprint density at radius 3 is 2.61 bits per heavy atom. The highest BCUT2D eigenvalue weighted by atomic mass is 32.2. The van der Waals surface area contributed by atoms with E-state index in [-0.39, 0.29) is 34.9 Å². The Hall–Kier alpha value is -1.28. The lowest BCUT2D eigenvalue weighted by molar-refractivity contribution is -0.139. The molecular weight excluding hydrogens is 338 g/mol. The largest absolute Gasteiger partial charge is 0.457 e. The van der Waals surface area contributed by atoms with E-state index in [1.807, 2.05) is 25.5 Å². The van der Waals surface area contributed by atoms with Gasteiger partial charge in [-0.15, -0.1) is 11.8 Å². The highest BCUT2D eigenvalue weighted by Crippen LogP contribution is 2.24. The molecule has 1 aliphatic heterocycles. The number of nitrogens with zero attached hydrogens (tertiary/aromatic N) is 1. The highest BCUT2D eigenvalue weighted by Gasteiger charge is 2.28. The summed E-state index contributed by atoms with van der Waals surface area (Å²) in [7, 11) is -1.07. The molecule has 23 heavy (non-hydrogen) atoms. The molecule has 1 atom stereocenters. The number of ether oxygens (including phenoxy) is 1. The zero-order chi connectivity index (χ0) is 17.2. The van der Waals surface area contributed by atoms with E-state index in [0.29, 0.717) is 12.0 Å². The Morgan fingerprint density at radius 2 is 2.09 bits per heavy atom. The lowest BCUT2D eigenvalue weighted by Crippen LogP contribution is -2.17. The average Bonchev–Trinajstić information content (AvgIpc) is 2.96. The number of Topliss-reactive ketones (excluding diaryl/α,β-unsaturated/α-hetero) is 1. The van der Waals surface area contributed by atoms with E-state index in [0.717, 1.165) is 11.4 Å². The quantitative estimate of drug-likeness (QED) is 0.562. The number of carbonyl (C=O) groups excluding carboxylic acids is 2. The third-order valence-corrected chi connectivity index (χ3v) is 7.32. The highest BCUT2D eigenvalue weighted by molar-refractivity contribution is 8.02.